The second-order valence-corrected chi connectivity index (χ2v) is 10.4. The smallest absolute Gasteiger partial charge is 0.321 e. The zero-order chi connectivity index (χ0) is 27.7. The molecule has 2 aliphatic heterocycles. The maximum Gasteiger partial charge on any atom is 0.321 e. The van der Waals surface area contributed by atoms with E-state index in [-0.39, 0.29) is 17.8 Å². The highest BCUT2D eigenvalue weighted by atomic mass is 16.2. The van der Waals surface area contributed by atoms with E-state index in [1.807, 2.05) is 39.9 Å². The summed E-state index contributed by atoms with van der Waals surface area (Å²) in [7, 11) is 6.82. The number of carbonyl (C=O) groups is 3. The molecule has 11 heteroatoms. The van der Waals surface area contributed by atoms with Crippen LogP contribution in [-0.4, -0.2) is 88.6 Å². The van der Waals surface area contributed by atoms with Gasteiger partial charge in [0.15, 0.2) is 0 Å². The number of anilines is 2. The highest BCUT2D eigenvalue weighted by molar-refractivity contribution is 5.95. The van der Waals surface area contributed by atoms with Gasteiger partial charge >= 0.3 is 6.03 Å². The lowest BCUT2D eigenvalue weighted by atomic mass is 10.0. The minimum absolute atomic E-state index is 0.0204. The molecule has 2 aliphatic rings. The SMILES string of the molecule is CN(C)C(=O)Nc1ccc(CN2CCCn3nc4c(c3C2=O)CN(c2ccc(C(=O)N(C)C)cn2)CC4)cc1. The van der Waals surface area contributed by atoms with Gasteiger partial charge in [-0.3, -0.25) is 14.3 Å². The van der Waals surface area contributed by atoms with Gasteiger partial charge in [0.05, 0.1) is 11.3 Å². The number of fused-ring (bicyclic) bond motifs is 3. The van der Waals surface area contributed by atoms with E-state index in [0.29, 0.717) is 43.1 Å². The average Bonchev–Trinajstić information content (AvgIpc) is 3.22. The lowest BCUT2D eigenvalue weighted by Crippen LogP contribution is -2.34. The van der Waals surface area contributed by atoms with Gasteiger partial charge in [0, 0.05) is 84.8 Å². The van der Waals surface area contributed by atoms with Crippen molar-refractivity contribution >= 4 is 29.4 Å². The fourth-order valence-electron chi connectivity index (χ4n) is 4.94. The second kappa shape index (κ2) is 10.8. The van der Waals surface area contributed by atoms with Crippen molar-refractivity contribution in [3.63, 3.8) is 0 Å². The van der Waals surface area contributed by atoms with Crippen LogP contribution in [0.4, 0.5) is 16.3 Å². The molecule has 0 radical (unpaired) electrons. The fourth-order valence-corrected chi connectivity index (χ4v) is 4.94. The number of amides is 4. The molecule has 4 amide bonds. The Balaban J connectivity index is 1.32. The molecule has 2 aromatic heterocycles. The van der Waals surface area contributed by atoms with Crippen molar-refractivity contribution in [1.29, 1.82) is 0 Å². The summed E-state index contributed by atoms with van der Waals surface area (Å²) in [6.45, 7) is 3.10. The molecule has 0 saturated heterocycles. The van der Waals surface area contributed by atoms with E-state index in [1.54, 1.807) is 40.5 Å². The van der Waals surface area contributed by atoms with Crippen molar-refractivity contribution < 1.29 is 14.4 Å². The molecular weight excluding hydrogens is 496 g/mol. The largest absolute Gasteiger partial charge is 0.352 e. The van der Waals surface area contributed by atoms with E-state index in [0.717, 1.165) is 42.0 Å². The number of nitrogens with zero attached hydrogens (tertiary/aromatic N) is 7. The lowest BCUT2D eigenvalue weighted by Gasteiger charge is -2.28. The molecule has 0 bridgehead atoms. The zero-order valence-corrected chi connectivity index (χ0v) is 22.8. The highest BCUT2D eigenvalue weighted by Gasteiger charge is 2.32. The lowest BCUT2D eigenvalue weighted by molar-refractivity contribution is 0.0743. The first kappa shape index (κ1) is 26.2. The first-order valence-corrected chi connectivity index (χ1v) is 13.1. The molecule has 0 unspecified atom stereocenters. The molecule has 0 fully saturated rings. The number of hydrogen-bond donors (Lipinski definition) is 1. The number of urea groups is 1. The van der Waals surface area contributed by atoms with Gasteiger partial charge in [-0.15, -0.1) is 0 Å². The molecule has 0 aliphatic carbocycles. The molecule has 1 aromatic carbocycles. The third-order valence-electron chi connectivity index (χ3n) is 7.10. The number of aryl methyl sites for hydroxylation is 1. The third kappa shape index (κ3) is 5.43. The summed E-state index contributed by atoms with van der Waals surface area (Å²) in [5.74, 6) is 0.666. The summed E-state index contributed by atoms with van der Waals surface area (Å²) in [6.07, 6.45) is 3.15. The molecule has 204 valence electrons. The number of carbonyl (C=O) groups excluding carboxylic acids is 3. The number of aromatic nitrogens is 3. The van der Waals surface area contributed by atoms with E-state index < -0.39 is 0 Å². The summed E-state index contributed by atoms with van der Waals surface area (Å²) < 4.78 is 1.88. The summed E-state index contributed by atoms with van der Waals surface area (Å²) in [5.41, 5.74) is 4.82. The Labute approximate surface area is 228 Å². The minimum atomic E-state index is -0.189. The van der Waals surface area contributed by atoms with Crippen molar-refractivity contribution in [3.8, 4) is 0 Å². The molecule has 0 spiro atoms. The van der Waals surface area contributed by atoms with Gasteiger partial charge in [-0.2, -0.15) is 5.10 Å². The van der Waals surface area contributed by atoms with Crippen molar-refractivity contribution in [1.82, 2.24) is 29.5 Å². The predicted octanol–water partition coefficient (Wildman–Crippen LogP) is 2.68. The van der Waals surface area contributed by atoms with Crippen LogP contribution in [0.15, 0.2) is 42.6 Å². The van der Waals surface area contributed by atoms with Crippen LogP contribution in [-0.2, 0) is 26.1 Å². The first-order valence-electron chi connectivity index (χ1n) is 13.1. The predicted molar refractivity (Wildman–Crippen MR) is 148 cm³/mol. The van der Waals surface area contributed by atoms with E-state index in [9.17, 15) is 14.4 Å². The van der Waals surface area contributed by atoms with Gasteiger partial charge < -0.3 is 24.9 Å². The first-order chi connectivity index (χ1) is 18.7. The molecule has 5 rings (SSSR count). The van der Waals surface area contributed by atoms with Crippen molar-refractivity contribution in [2.24, 2.45) is 0 Å². The topological polar surface area (TPSA) is 107 Å². The van der Waals surface area contributed by atoms with Crippen LogP contribution >= 0.6 is 0 Å². The van der Waals surface area contributed by atoms with Gasteiger partial charge in [-0.05, 0) is 36.2 Å². The van der Waals surface area contributed by atoms with Crippen molar-refractivity contribution in [2.75, 3.05) is 51.5 Å². The summed E-state index contributed by atoms with van der Waals surface area (Å²) >= 11 is 0. The third-order valence-corrected chi connectivity index (χ3v) is 7.10. The Morgan fingerprint density at radius 2 is 1.74 bits per heavy atom. The molecular formula is C28H34N8O3. The van der Waals surface area contributed by atoms with Crippen LogP contribution in [0.5, 0.6) is 0 Å². The maximum absolute atomic E-state index is 13.8. The van der Waals surface area contributed by atoms with Gasteiger partial charge in [0.2, 0.25) is 0 Å². The van der Waals surface area contributed by atoms with Crippen LogP contribution in [0.3, 0.4) is 0 Å². The molecule has 11 nitrogen and oxygen atoms in total. The fraction of sp³-hybridized carbons (Fsp3) is 0.393. The Morgan fingerprint density at radius 1 is 0.974 bits per heavy atom. The standard InChI is InChI=1S/C28H34N8O3/c1-32(2)26(37)20-8-11-24(29-16-20)34-15-12-23-22(18-34)25-27(38)35(13-5-14-36(25)31-23)17-19-6-9-21(10-7-19)30-28(39)33(3)4/h6-11,16H,5,12-15,17-18H2,1-4H3,(H,30,39). The number of rotatable bonds is 5. The Morgan fingerprint density at radius 3 is 2.41 bits per heavy atom. The molecule has 0 atom stereocenters. The Hall–Kier alpha value is -4.41. The average molecular weight is 531 g/mol. The van der Waals surface area contributed by atoms with Crippen LogP contribution in [0.25, 0.3) is 0 Å². The van der Waals surface area contributed by atoms with E-state index in [1.165, 1.54) is 9.80 Å². The second-order valence-electron chi connectivity index (χ2n) is 10.4. The van der Waals surface area contributed by atoms with Crippen LogP contribution in [0, 0.1) is 0 Å². The Kier molecular flexibility index (Phi) is 7.23. The molecule has 1 N–H and O–H groups in total. The van der Waals surface area contributed by atoms with Gasteiger partial charge in [0.25, 0.3) is 11.8 Å². The monoisotopic (exact) mass is 530 g/mol. The van der Waals surface area contributed by atoms with Gasteiger partial charge in [0.1, 0.15) is 11.5 Å². The normalized spacial score (nSPS) is 14.8. The van der Waals surface area contributed by atoms with Crippen LogP contribution in [0.2, 0.25) is 0 Å². The highest BCUT2D eigenvalue weighted by Crippen LogP contribution is 2.29. The maximum atomic E-state index is 13.8. The molecule has 4 heterocycles. The number of benzene rings is 1. The minimum Gasteiger partial charge on any atom is -0.352 e. The van der Waals surface area contributed by atoms with E-state index in [4.69, 9.17) is 5.10 Å². The molecule has 3 aromatic rings. The Bertz CT molecular complexity index is 1380. The van der Waals surface area contributed by atoms with E-state index >= 15 is 0 Å². The zero-order valence-electron chi connectivity index (χ0n) is 22.8. The van der Waals surface area contributed by atoms with Crippen LogP contribution < -0.4 is 10.2 Å². The number of pyridine rings is 1. The van der Waals surface area contributed by atoms with E-state index in [2.05, 4.69) is 15.2 Å². The van der Waals surface area contributed by atoms with Crippen molar-refractivity contribution in [3.05, 3.63) is 70.7 Å². The summed E-state index contributed by atoms with van der Waals surface area (Å²) in [4.78, 5) is 49.5. The molecule has 39 heavy (non-hydrogen) atoms. The van der Waals surface area contributed by atoms with Crippen molar-refractivity contribution in [2.45, 2.75) is 32.5 Å². The number of hydrogen-bond acceptors (Lipinski definition) is 6. The van der Waals surface area contributed by atoms with Gasteiger partial charge in [-0.1, -0.05) is 12.1 Å². The number of nitrogens with one attached hydrogen (secondary N) is 1. The summed E-state index contributed by atoms with van der Waals surface area (Å²) in [5, 5.41) is 7.64. The quantitative estimate of drug-likeness (QED) is 0.544. The van der Waals surface area contributed by atoms with Gasteiger partial charge in [-0.25, -0.2) is 9.78 Å². The van der Waals surface area contributed by atoms with Crippen LogP contribution in [0.1, 0.15) is 44.1 Å². The molecule has 0 saturated carbocycles. The summed E-state index contributed by atoms with van der Waals surface area (Å²) in [6, 6.07) is 11.1.